The molecule has 0 radical (unpaired) electrons. The Balaban J connectivity index is 1.60. The van der Waals surface area contributed by atoms with Crippen LogP contribution in [0.15, 0.2) is 54.7 Å². The summed E-state index contributed by atoms with van der Waals surface area (Å²) >= 11 is 0. The monoisotopic (exact) mass is 552 g/mol. The van der Waals surface area contributed by atoms with E-state index in [-0.39, 0.29) is 17.5 Å². The van der Waals surface area contributed by atoms with E-state index in [0.29, 0.717) is 36.7 Å². The summed E-state index contributed by atoms with van der Waals surface area (Å²) in [5.41, 5.74) is 5.25. The first-order chi connectivity index (χ1) is 18.4. The minimum Gasteiger partial charge on any atom is -0.489 e. The lowest BCUT2D eigenvalue weighted by molar-refractivity contribution is 0.166. The van der Waals surface area contributed by atoms with Crippen molar-refractivity contribution in [3.05, 3.63) is 82.9 Å². The molecule has 7 heteroatoms. The molecular formula is C32H41FN2O3S. The molecule has 1 aliphatic carbocycles. The van der Waals surface area contributed by atoms with Gasteiger partial charge < -0.3 is 4.74 Å². The maximum absolute atomic E-state index is 14.9. The molecule has 210 valence electrons. The van der Waals surface area contributed by atoms with E-state index in [1.165, 1.54) is 12.5 Å². The minimum atomic E-state index is -3.08. The minimum absolute atomic E-state index is 0.00574. The highest BCUT2D eigenvalue weighted by Gasteiger charge is 2.34. The highest BCUT2D eigenvalue weighted by Crippen LogP contribution is 2.44. The van der Waals surface area contributed by atoms with Crippen LogP contribution in [0.25, 0.3) is 11.1 Å². The molecule has 5 nitrogen and oxygen atoms in total. The van der Waals surface area contributed by atoms with Gasteiger partial charge in [-0.15, -0.1) is 0 Å². The fourth-order valence-corrected chi connectivity index (χ4v) is 6.49. The summed E-state index contributed by atoms with van der Waals surface area (Å²) in [5, 5.41) is 0. The number of ether oxygens (including phenoxy) is 1. The summed E-state index contributed by atoms with van der Waals surface area (Å²) in [7, 11) is -3.08. The number of sulfone groups is 1. The SMILES string of the molecule is Cc1cc(-c2ccc(COc3cccc(C(CS(C)(=O)=O)C4CC4)c3)cc2CN(C(C)C)C(C)C)c(F)cn1. The summed E-state index contributed by atoms with van der Waals surface area (Å²) in [6, 6.07) is 16.4. The zero-order valence-electron chi connectivity index (χ0n) is 23.9. The Bertz CT molecular complexity index is 1390. The molecule has 0 saturated heterocycles. The number of aromatic nitrogens is 1. The zero-order valence-corrected chi connectivity index (χ0v) is 24.8. The van der Waals surface area contributed by atoms with Gasteiger partial charge in [0.1, 0.15) is 28.0 Å². The van der Waals surface area contributed by atoms with Crippen molar-refractivity contribution in [3.8, 4) is 16.9 Å². The third-order valence-corrected chi connectivity index (χ3v) is 8.46. The number of aryl methyl sites for hydroxylation is 1. The maximum Gasteiger partial charge on any atom is 0.149 e. The number of halogens is 1. The van der Waals surface area contributed by atoms with Crippen LogP contribution in [0.3, 0.4) is 0 Å². The first-order valence-electron chi connectivity index (χ1n) is 13.8. The lowest BCUT2D eigenvalue weighted by atomic mass is 9.96. The van der Waals surface area contributed by atoms with Crippen LogP contribution in [-0.2, 0) is 23.0 Å². The summed E-state index contributed by atoms with van der Waals surface area (Å²) in [4.78, 5) is 6.49. The Hall–Kier alpha value is -2.77. The Morgan fingerprint density at radius 3 is 2.38 bits per heavy atom. The number of hydrogen-bond acceptors (Lipinski definition) is 5. The molecule has 0 spiro atoms. The van der Waals surface area contributed by atoms with E-state index in [1.54, 1.807) is 6.07 Å². The third kappa shape index (κ3) is 7.89. The van der Waals surface area contributed by atoms with Gasteiger partial charge in [0.15, 0.2) is 0 Å². The third-order valence-electron chi connectivity index (χ3n) is 7.50. The van der Waals surface area contributed by atoms with Crippen LogP contribution >= 0.6 is 0 Å². The molecule has 1 fully saturated rings. The fourth-order valence-electron chi connectivity index (χ4n) is 5.37. The Kier molecular flexibility index (Phi) is 9.12. The molecule has 0 amide bonds. The van der Waals surface area contributed by atoms with Gasteiger partial charge in [-0.2, -0.15) is 0 Å². The lowest BCUT2D eigenvalue weighted by Crippen LogP contribution is -2.36. The zero-order chi connectivity index (χ0) is 28.3. The number of hydrogen-bond donors (Lipinski definition) is 0. The van der Waals surface area contributed by atoms with Crippen molar-refractivity contribution in [2.75, 3.05) is 12.0 Å². The van der Waals surface area contributed by atoms with Crippen molar-refractivity contribution in [2.45, 2.75) is 78.6 Å². The van der Waals surface area contributed by atoms with E-state index >= 15 is 0 Å². The molecule has 4 rings (SSSR count). The van der Waals surface area contributed by atoms with Gasteiger partial charge in [0.05, 0.1) is 11.9 Å². The number of pyridine rings is 1. The van der Waals surface area contributed by atoms with E-state index in [1.807, 2.05) is 43.3 Å². The molecule has 3 aromatic rings. The predicted molar refractivity (Wildman–Crippen MR) is 156 cm³/mol. The average Bonchev–Trinajstić information content (AvgIpc) is 3.71. The molecule has 1 aliphatic rings. The van der Waals surface area contributed by atoms with Gasteiger partial charge in [-0.25, -0.2) is 12.8 Å². The molecule has 0 N–H and O–H groups in total. The molecule has 1 heterocycles. The predicted octanol–water partition coefficient (Wildman–Crippen LogP) is 6.93. The highest BCUT2D eigenvalue weighted by molar-refractivity contribution is 7.90. The molecule has 0 aliphatic heterocycles. The van der Waals surface area contributed by atoms with Gasteiger partial charge in [0, 0.05) is 42.1 Å². The summed E-state index contributed by atoms with van der Waals surface area (Å²) in [6.45, 7) is 11.6. The Morgan fingerprint density at radius 1 is 1.03 bits per heavy atom. The van der Waals surface area contributed by atoms with Crippen LogP contribution in [-0.4, -0.2) is 42.4 Å². The van der Waals surface area contributed by atoms with Crippen molar-refractivity contribution in [1.82, 2.24) is 9.88 Å². The molecule has 2 aromatic carbocycles. The molecule has 1 atom stereocenters. The standard InChI is InChI=1S/C32H41FN2O3S/c1-21(2)35(22(3)4)18-27-15-24(10-13-29(27)30-14-23(5)34-17-32(30)33)19-38-28-9-7-8-26(16-28)31(25-11-12-25)20-39(6,36)37/h7-10,13-17,21-22,25,31H,11-12,18-20H2,1-6H3. The second-order valence-electron chi connectivity index (χ2n) is 11.6. The van der Waals surface area contributed by atoms with Crippen molar-refractivity contribution in [2.24, 2.45) is 5.92 Å². The molecule has 0 bridgehead atoms. The van der Waals surface area contributed by atoms with Crippen molar-refractivity contribution < 1.29 is 17.5 Å². The first kappa shape index (κ1) is 29.2. The summed E-state index contributed by atoms with van der Waals surface area (Å²) in [5.74, 6) is 0.985. The molecular weight excluding hydrogens is 511 g/mol. The highest BCUT2D eigenvalue weighted by atomic mass is 32.2. The van der Waals surface area contributed by atoms with E-state index in [0.717, 1.165) is 46.5 Å². The van der Waals surface area contributed by atoms with Gasteiger partial charge in [-0.3, -0.25) is 9.88 Å². The Labute approximate surface area is 233 Å². The van der Waals surface area contributed by atoms with Crippen molar-refractivity contribution in [1.29, 1.82) is 0 Å². The van der Waals surface area contributed by atoms with Crippen molar-refractivity contribution in [3.63, 3.8) is 0 Å². The number of nitrogens with zero attached hydrogens (tertiary/aromatic N) is 2. The maximum atomic E-state index is 14.9. The Morgan fingerprint density at radius 2 is 1.74 bits per heavy atom. The summed E-state index contributed by atoms with van der Waals surface area (Å²) < 4.78 is 45.2. The smallest absolute Gasteiger partial charge is 0.149 e. The summed E-state index contributed by atoms with van der Waals surface area (Å²) in [6.07, 6.45) is 4.74. The van der Waals surface area contributed by atoms with Crippen molar-refractivity contribution >= 4 is 9.84 Å². The van der Waals surface area contributed by atoms with Gasteiger partial charge in [0.25, 0.3) is 0 Å². The van der Waals surface area contributed by atoms with Crippen LogP contribution in [0.4, 0.5) is 4.39 Å². The van der Waals surface area contributed by atoms with Crippen LogP contribution < -0.4 is 4.74 Å². The second-order valence-corrected chi connectivity index (χ2v) is 13.7. The second kappa shape index (κ2) is 12.2. The molecule has 1 unspecified atom stereocenters. The lowest BCUT2D eigenvalue weighted by Gasteiger charge is -2.31. The van der Waals surface area contributed by atoms with E-state index in [2.05, 4.69) is 43.6 Å². The molecule has 39 heavy (non-hydrogen) atoms. The van der Waals surface area contributed by atoms with Crippen LogP contribution in [0.5, 0.6) is 5.75 Å². The number of benzene rings is 2. The van der Waals surface area contributed by atoms with Gasteiger partial charge in [0.2, 0.25) is 0 Å². The van der Waals surface area contributed by atoms with E-state index < -0.39 is 9.84 Å². The quantitative estimate of drug-likeness (QED) is 0.244. The first-order valence-corrected chi connectivity index (χ1v) is 15.9. The van der Waals surface area contributed by atoms with E-state index in [9.17, 15) is 12.8 Å². The van der Waals surface area contributed by atoms with Crippen LogP contribution in [0.1, 0.15) is 68.8 Å². The fraction of sp³-hybridized carbons (Fsp3) is 0.469. The van der Waals surface area contributed by atoms with Gasteiger partial charge in [-0.05, 0) is 93.8 Å². The largest absolute Gasteiger partial charge is 0.489 e. The van der Waals surface area contributed by atoms with Gasteiger partial charge >= 0.3 is 0 Å². The topological polar surface area (TPSA) is 59.5 Å². The van der Waals surface area contributed by atoms with Crippen LogP contribution in [0.2, 0.25) is 0 Å². The molecule has 1 aromatic heterocycles. The normalized spacial score (nSPS) is 14.8. The van der Waals surface area contributed by atoms with E-state index in [4.69, 9.17) is 4.74 Å². The van der Waals surface area contributed by atoms with Crippen LogP contribution in [0, 0.1) is 18.7 Å². The average molecular weight is 553 g/mol. The van der Waals surface area contributed by atoms with Gasteiger partial charge in [-0.1, -0.05) is 30.3 Å². The molecule has 1 saturated carbocycles. The number of rotatable bonds is 12.